The summed E-state index contributed by atoms with van der Waals surface area (Å²) < 4.78 is 2.40. The van der Waals surface area contributed by atoms with Crippen LogP contribution in [0.3, 0.4) is 0 Å². The first-order valence-corrected chi connectivity index (χ1v) is 5.56. The molecule has 2 aromatic heterocycles. The third-order valence-corrected chi connectivity index (χ3v) is 2.78. The Balaban J connectivity index is 2.75. The molecule has 0 aromatic carbocycles. The van der Waals surface area contributed by atoms with E-state index in [1.807, 2.05) is 12.4 Å². The molecular formula is C13H18N2. The van der Waals surface area contributed by atoms with Gasteiger partial charge in [0.15, 0.2) is 0 Å². The first-order chi connectivity index (χ1) is 7.11. The van der Waals surface area contributed by atoms with Crippen LogP contribution >= 0.6 is 0 Å². The smallest absolute Gasteiger partial charge is 0.0516 e. The van der Waals surface area contributed by atoms with Gasteiger partial charge in [-0.3, -0.25) is 4.98 Å². The Morgan fingerprint density at radius 3 is 2.53 bits per heavy atom. The second-order valence-corrected chi connectivity index (χ2v) is 4.62. The van der Waals surface area contributed by atoms with Gasteiger partial charge in [0, 0.05) is 29.5 Å². The van der Waals surface area contributed by atoms with Crippen LogP contribution in [0, 0.1) is 0 Å². The van der Waals surface area contributed by atoms with Gasteiger partial charge in [-0.1, -0.05) is 13.8 Å². The standard InChI is InChI=1S/C13H18N2/c1-9(2)13-7-11-8-14-6-5-12(11)15(13)10(3)4/h5-10H,1-4H3. The topological polar surface area (TPSA) is 17.8 Å². The molecule has 0 atom stereocenters. The van der Waals surface area contributed by atoms with Gasteiger partial charge in [-0.15, -0.1) is 0 Å². The average molecular weight is 202 g/mol. The van der Waals surface area contributed by atoms with E-state index >= 15 is 0 Å². The first-order valence-electron chi connectivity index (χ1n) is 5.56. The van der Waals surface area contributed by atoms with Gasteiger partial charge in [-0.2, -0.15) is 0 Å². The molecule has 15 heavy (non-hydrogen) atoms. The lowest BCUT2D eigenvalue weighted by atomic mass is 10.1. The lowest BCUT2D eigenvalue weighted by Gasteiger charge is -2.16. The van der Waals surface area contributed by atoms with Crippen LogP contribution in [0.1, 0.15) is 45.3 Å². The second-order valence-electron chi connectivity index (χ2n) is 4.62. The Morgan fingerprint density at radius 1 is 1.20 bits per heavy atom. The zero-order valence-electron chi connectivity index (χ0n) is 9.86. The fourth-order valence-electron chi connectivity index (χ4n) is 2.12. The van der Waals surface area contributed by atoms with E-state index in [1.54, 1.807) is 0 Å². The van der Waals surface area contributed by atoms with Gasteiger partial charge >= 0.3 is 0 Å². The van der Waals surface area contributed by atoms with Gasteiger partial charge in [0.05, 0.1) is 5.52 Å². The molecule has 0 fully saturated rings. The van der Waals surface area contributed by atoms with Crippen molar-refractivity contribution in [2.75, 3.05) is 0 Å². The fourth-order valence-corrected chi connectivity index (χ4v) is 2.12. The Morgan fingerprint density at radius 2 is 1.93 bits per heavy atom. The van der Waals surface area contributed by atoms with Crippen LogP contribution < -0.4 is 0 Å². The number of aromatic nitrogens is 2. The van der Waals surface area contributed by atoms with Gasteiger partial charge in [0.2, 0.25) is 0 Å². The van der Waals surface area contributed by atoms with Crippen molar-refractivity contribution in [3.05, 3.63) is 30.2 Å². The van der Waals surface area contributed by atoms with Crippen LogP contribution in [0.4, 0.5) is 0 Å². The number of pyridine rings is 1. The number of hydrogen-bond acceptors (Lipinski definition) is 1. The molecule has 0 N–H and O–H groups in total. The van der Waals surface area contributed by atoms with Crippen molar-refractivity contribution >= 4 is 10.9 Å². The third-order valence-electron chi connectivity index (χ3n) is 2.78. The van der Waals surface area contributed by atoms with Crippen LogP contribution in [-0.4, -0.2) is 9.55 Å². The maximum absolute atomic E-state index is 4.17. The summed E-state index contributed by atoms with van der Waals surface area (Å²) in [6.45, 7) is 8.93. The van der Waals surface area contributed by atoms with Gasteiger partial charge in [0.25, 0.3) is 0 Å². The van der Waals surface area contributed by atoms with Gasteiger partial charge in [-0.05, 0) is 31.9 Å². The number of fused-ring (bicyclic) bond motifs is 1. The van der Waals surface area contributed by atoms with Gasteiger partial charge in [0.1, 0.15) is 0 Å². The maximum Gasteiger partial charge on any atom is 0.0516 e. The van der Waals surface area contributed by atoms with Crippen LogP contribution in [0.15, 0.2) is 24.5 Å². The second kappa shape index (κ2) is 3.69. The molecule has 0 saturated carbocycles. The molecular weight excluding hydrogens is 184 g/mol. The number of nitrogens with zero attached hydrogens (tertiary/aromatic N) is 2. The summed E-state index contributed by atoms with van der Waals surface area (Å²) in [6, 6.07) is 4.86. The normalized spacial score (nSPS) is 11.9. The summed E-state index contributed by atoms with van der Waals surface area (Å²) in [6.07, 6.45) is 3.81. The molecule has 0 aliphatic rings. The summed E-state index contributed by atoms with van der Waals surface area (Å²) in [4.78, 5) is 4.17. The highest BCUT2D eigenvalue weighted by atomic mass is 15.0. The SMILES string of the molecule is CC(C)c1cc2cnccc2n1C(C)C. The monoisotopic (exact) mass is 202 g/mol. The molecule has 0 unspecified atom stereocenters. The van der Waals surface area contributed by atoms with E-state index in [0.29, 0.717) is 12.0 Å². The maximum atomic E-state index is 4.17. The summed E-state index contributed by atoms with van der Waals surface area (Å²) in [5.41, 5.74) is 2.69. The molecule has 80 valence electrons. The van der Waals surface area contributed by atoms with E-state index in [2.05, 4.69) is 49.4 Å². The van der Waals surface area contributed by atoms with E-state index in [9.17, 15) is 0 Å². The predicted molar refractivity (Wildman–Crippen MR) is 64.2 cm³/mol. The molecule has 2 nitrogen and oxygen atoms in total. The molecule has 2 aromatic rings. The predicted octanol–water partition coefficient (Wildman–Crippen LogP) is 3.74. The molecule has 0 saturated heterocycles. The van der Waals surface area contributed by atoms with Crippen LogP contribution in [-0.2, 0) is 0 Å². The summed E-state index contributed by atoms with van der Waals surface area (Å²) in [7, 11) is 0. The molecule has 2 heterocycles. The van der Waals surface area contributed by atoms with Crippen molar-refractivity contribution < 1.29 is 0 Å². The third kappa shape index (κ3) is 1.65. The fraction of sp³-hybridized carbons (Fsp3) is 0.462. The summed E-state index contributed by atoms with van der Waals surface area (Å²) in [5.74, 6) is 0.555. The Bertz CT molecular complexity index is 466. The highest BCUT2D eigenvalue weighted by molar-refractivity contribution is 5.80. The molecule has 2 heteroatoms. The minimum atomic E-state index is 0.502. The van der Waals surface area contributed by atoms with E-state index in [-0.39, 0.29) is 0 Å². The van der Waals surface area contributed by atoms with Crippen LogP contribution in [0.25, 0.3) is 10.9 Å². The lowest BCUT2D eigenvalue weighted by Crippen LogP contribution is -2.06. The first kappa shape index (κ1) is 10.2. The van der Waals surface area contributed by atoms with Gasteiger partial charge < -0.3 is 4.57 Å². The van der Waals surface area contributed by atoms with Crippen LogP contribution in [0.2, 0.25) is 0 Å². The molecule has 0 bridgehead atoms. The number of rotatable bonds is 2. The Labute approximate surface area is 90.9 Å². The van der Waals surface area contributed by atoms with Crippen molar-refractivity contribution in [2.45, 2.75) is 39.7 Å². The quantitative estimate of drug-likeness (QED) is 0.725. The summed E-state index contributed by atoms with van der Waals surface area (Å²) >= 11 is 0. The minimum Gasteiger partial charge on any atom is -0.342 e. The molecule has 0 aliphatic carbocycles. The zero-order valence-corrected chi connectivity index (χ0v) is 9.86. The van der Waals surface area contributed by atoms with Crippen molar-refractivity contribution in [2.24, 2.45) is 0 Å². The number of hydrogen-bond donors (Lipinski definition) is 0. The zero-order chi connectivity index (χ0) is 11.0. The van der Waals surface area contributed by atoms with Crippen molar-refractivity contribution in [3.8, 4) is 0 Å². The van der Waals surface area contributed by atoms with E-state index in [4.69, 9.17) is 0 Å². The molecule has 0 aliphatic heterocycles. The van der Waals surface area contributed by atoms with Gasteiger partial charge in [-0.25, -0.2) is 0 Å². The van der Waals surface area contributed by atoms with E-state index < -0.39 is 0 Å². The summed E-state index contributed by atoms with van der Waals surface area (Å²) in [5, 5.41) is 1.25. The molecule has 0 radical (unpaired) electrons. The molecule has 0 spiro atoms. The van der Waals surface area contributed by atoms with Crippen molar-refractivity contribution in [1.29, 1.82) is 0 Å². The Kier molecular flexibility index (Phi) is 2.51. The highest BCUT2D eigenvalue weighted by Crippen LogP contribution is 2.27. The lowest BCUT2D eigenvalue weighted by molar-refractivity contribution is 0.577. The Hall–Kier alpha value is -1.31. The largest absolute Gasteiger partial charge is 0.342 e. The average Bonchev–Trinajstić information content (AvgIpc) is 2.56. The van der Waals surface area contributed by atoms with Crippen molar-refractivity contribution in [1.82, 2.24) is 9.55 Å². The van der Waals surface area contributed by atoms with Crippen molar-refractivity contribution in [3.63, 3.8) is 0 Å². The van der Waals surface area contributed by atoms with E-state index in [0.717, 1.165) is 0 Å². The highest BCUT2D eigenvalue weighted by Gasteiger charge is 2.13. The van der Waals surface area contributed by atoms with E-state index in [1.165, 1.54) is 16.6 Å². The molecule has 2 rings (SSSR count). The molecule has 0 amide bonds. The minimum absolute atomic E-state index is 0.502. The van der Waals surface area contributed by atoms with Crippen LogP contribution in [0.5, 0.6) is 0 Å².